The van der Waals surface area contributed by atoms with Crippen molar-refractivity contribution in [3.63, 3.8) is 0 Å². The Kier molecular flexibility index (Phi) is 1.37. The third kappa shape index (κ3) is 0.814. The van der Waals surface area contributed by atoms with Gasteiger partial charge in [0.25, 0.3) is 0 Å². The summed E-state index contributed by atoms with van der Waals surface area (Å²) in [6.07, 6.45) is 6.55. The van der Waals surface area contributed by atoms with Crippen LogP contribution < -0.4 is 5.32 Å². The molecular formula is C10H8N4. The zero-order valence-electron chi connectivity index (χ0n) is 7.44. The highest BCUT2D eigenvalue weighted by atomic mass is 15.2. The lowest BCUT2D eigenvalue weighted by Crippen LogP contribution is -2.35. The van der Waals surface area contributed by atoms with Crippen molar-refractivity contribution in [2.75, 3.05) is 0 Å². The van der Waals surface area contributed by atoms with Gasteiger partial charge in [0.15, 0.2) is 0 Å². The molecule has 0 spiro atoms. The van der Waals surface area contributed by atoms with Gasteiger partial charge in [-0.15, -0.1) is 0 Å². The summed E-state index contributed by atoms with van der Waals surface area (Å²) in [6.45, 7) is 0. The van der Waals surface area contributed by atoms with Gasteiger partial charge in [0.2, 0.25) is 0 Å². The Labute approximate surface area is 81.4 Å². The lowest BCUT2D eigenvalue weighted by atomic mass is 9.95. The number of nitrogens with one attached hydrogen (secondary N) is 1. The van der Waals surface area contributed by atoms with Gasteiger partial charge in [-0.05, 0) is 17.6 Å². The number of hydrogen-bond acceptors (Lipinski definition) is 4. The van der Waals surface area contributed by atoms with Crippen LogP contribution in [-0.2, 0) is 0 Å². The minimum atomic E-state index is -0.0637. The molecule has 0 aromatic heterocycles. The Balaban J connectivity index is 2.13. The number of nitriles is 1. The van der Waals surface area contributed by atoms with Crippen molar-refractivity contribution in [1.82, 2.24) is 5.32 Å². The van der Waals surface area contributed by atoms with E-state index in [0.717, 1.165) is 17.6 Å². The SMILES string of the molecule is N#CC1=NC2NC=NC2C2=C1CC=C2. The number of rotatable bonds is 0. The molecule has 2 heterocycles. The largest absolute Gasteiger partial charge is 0.353 e. The van der Waals surface area contributed by atoms with E-state index >= 15 is 0 Å². The Bertz CT molecular complexity index is 447. The van der Waals surface area contributed by atoms with Gasteiger partial charge in [0, 0.05) is 0 Å². The summed E-state index contributed by atoms with van der Waals surface area (Å²) in [7, 11) is 0. The summed E-state index contributed by atoms with van der Waals surface area (Å²) in [5, 5.41) is 12.0. The summed E-state index contributed by atoms with van der Waals surface area (Å²) in [6, 6.07) is 2.23. The third-order valence-electron chi connectivity index (χ3n) is 2.73. The summed E-state index contributed by atoms with van der Waals surface area (Å²) < 4.78 is 0. The topological polar surface area (TPSA) is 60.5 Å². The molecule has 0 radical (unpaired) electrons. The molecule has 2 aliphatic heterocycles. The predicted octanol–water partition coefficient (Wildman–Crippen LogP) is 0.547. The van der Waals surface area contributed by atoms with E-state index < -0.39 is 0 Å². The minimum absolute atomic E-state index is 0.0637. The van der Waals surface area contributed by atoms with E-state index in [1.54, 1.807) is 6.34 Å². The molecule has 0 aromatic rings. The van der Waals surface area contributed by atoms with E-state index in [1.807, 2.05) is 0 Å². The highest BCUT2D eigenvalue weighted by Crippen LogP contribution is 2.31. The van der Waals surface area contributed by atoms with Gasteiger partial charge in [-0.2, -0.15) is 5.26 Å². The molecule has 1 aliphatic carbocycles. The quantitative estimate of drug-likeness (QED) is 0.597. The van der Waals surface area contributed by atoms with Gasteiger partial charge in [0.05, 0.1) is 6.34 Å². The van der Waals surface area contributed by atoms with Gasteiger partial charge in [0.1, 0.15) is 24.0 Å². The second kappa shape index (κ2) is 2.55. The Hall–Kier alpha value is -1.89. The maximum atomic E-state index is 8.95. The smallest absolute Gasteiger partial charge is 0.147 e. The van der Waals surface area contributed by atoms with Crippen LogP contribution in [0.1, 0.15) is 6.42 Å². The van der Waals surface area contributed by atoms with Crippen LogP contribution in [-0.4, -0.2) is 24.3 Å². The van der Waals surface area contributed by atoms with Gasteiger partial charge in [-0.3, -0.25) is 4.99 Å². The van der Waals surface area contributed by atoms with Crippen LogP contribution in [0, 0.1) is 11.3 Å². The maximum absolute atomic E-state index is 8.95. The number of nitrogens with zero attached hydrogens (tertiary/aromatic N) is 3. The lowest BCUT2D eigenvalue weighted by molar-refractivity contribution is 0.597. The van der Waals surface area contributed by atoms with Crippen molar-refractivity contribution in [2.24, 2.45) is 9.98 Å². The molecule has 68 valence electrons. The fourth-order valence-corrected chi connectivity index (χ4v) is 2.08. The van der Waals surface area contributed by atoms with Crippen LogP contribution in [0.15, 0.2) is 33.3 Å². The molecule has 2 unspecified atom stereocenters. The first-order valence-electron chi connectivity index (χ1n) is 4.55. The molecule has 0 saturated carbocycles. The van der Waals surface area contributed by atoms with E-state index in [4.69, 9.17) is 5.26 Å². The van der Waals surface area contributed by atoms with Gasteiger partial charge in [-0.25, -0.2) is 4.99 Å². The van der Waals surface area contributed by atoms with Crippen molar-refractivity contribution < 1.29 is 0 Å². The van der Waals surface area contributed by atoms with Crippen molar-refractivity contribution in [3.8, 4) is 6.07 Å². The summed E-state index contributed by atoms with van der Waals surface area (Å²) in [5.41, 5.74) is 2.77. The van der Waals surface area contributed by atoms with Crippen LogP contribution in [0.5, 0.6) is 0 Å². The maximum Gasteiger partial charge on any atom is 0.147 e. The van der Waals surface area contributed by atoms with Gasteiger partial charge >= 0.3 is 0 Å². The third-order valence-corrected chi connectivity index (χ3v) is 2.73. The average molecular weight is 184 g/mol. The first kappa shape index (κ1) is 7.51. The normalized spacial score (nSPS) is 32.1. The number of allylic oxidation sites excluding steroid dienone is 2. The number of aliphatic imine (C=N–C) groups is 2. The molecule has 3 aliphatic rings. The van der Waals surface area contributed by atoms with Crippen LogP contribution in [0.25, 0.3) is 0 Å². The van der Waals surface area contributed by atoms with Crippen molar-refractivity contribution in [1.29, 1.82) is 5.26 Å². The van der Waals surface area contributed by atoms with E-state index in [2.05, 4.69) is 33.5 Å². The van der Waals surface area contributed by atoms with E-state index in [-0.39, 0.29) is 12.2 Å². The number of hydrogen-bond donors (Lipinski definition) is 1. The first-order chi connectivity index (χ1) is 6.90. The second-order valence-electron chi connectivity index (χ2n) is 3.46. The van der Waals surface area contributed by atoms with E-state index in [0.29, 0.717) is 5.71 Å². The monoisotopic (exact) mass is 184 g/mol. The van der Waals surface area contributed by atoms with Crippen LogP contribution in [0.3, 0.4) is 0 Å². The Morgan fingerprint density at radius 2 is 2.50 bits per heavy atom. The van der Waals surface area contributed by atoms with Crippen LogP contribution in [0.2, 0.25) is 0 Å². The van der Waals surface area contributed by atoms with Crippen molar-refractivity contribution in [3.05, 3.63) is 23.3 Å². The second-order valence-corrected chi connectivity index (χ2v) is 3.46. The highest BCUT2D eigenvalue weighted by molar-refractivity contribution is 6.13. The first-order valence-corrected chi connectivity index (χ1v) is 4.55. The zero-order valence-corrected chi connectivity index (χ0v) is 7.44. The summed E-state index contributed by atoms with van der Waals surface area (Å²) in [5.74, 6) is 0. The fraction of sp³-hybridized carbons (Fsp3) is 0.300. The molecule has 0 aromatic carbocycles. The molecule has 0 amide bonds. The van der Waals surface area contributed by atoms with E-state index in [9.17, 15) is 0 Å². The predicted molar refractivity (Wildman–Crippen MR) is 53.0 cm³/mol. The molecule has 0 fully saturated rings. The molecule has 0 bridgehead atoms. The lowest BCUT2D eigenvalue weighted by Gasteiger charge is -2.21. The van der Waals surface area contributed by atoms with Crippen molar-refractivity contribution >= 4 is 12.1 Å². The molecule has 1 N–H and O–H groups in total. The zero-order chi connectivity index (χ0) is 9.54. The van der Waals surface area contributed by atoms with Gasteiger partial charge in [-0.1, -0.05) is 12.2 Å². The van der Waals surface area contributed by atoms with Crippen LogP contribution >= 0.6 is 0 Å². The standard InChI is InChI=1S/C10H8N4/c11-4-8-6-2-1-3-7(6)9-10(14-8)13-5-12-9/h1,3,5,9-10H,2H2,(H,12,13). The fourth-order valence-electron chi connectivity index (χ4n) is 2.08. The molecule has 4 heteroatoms. The molecule has 3 rings (SSSR count). The number of fused-ring (bicyclic) bond motifs is 2. The summed E-state index contributed by atoms with van der Waals surface area (Å²) in [4.78, 5) is 8.63. The summed E-state index contributed by atoms with van der Waals surface area (Å²) >= 11 is 0. The van der Waals surface area contributed by atoms with Gasteiger partial charge < -0.3 is 5.32 Å². The van der Waals surface area contributed by atoms with Crippen molar-refractivity contribution in [2.45, 2.75) is 18.6 Å². The highest BCUT2D eigenvalue weighted by Gasteiger charge is 2.34. The minimum Gasteiger partial charge on any atom is -0.353 e. The molecule has 14 heavy (non-hydrogen) atoms. The number of dihydropyridines is 1. The Morgan fingerprint density at radius 3 is 3.36 bits per heavy atom. The average Bonchev–Trinajstić information content (AvgIpc) is 2.83. The van der Waals surface area contributed by atoms with E-state index in [1.165, 1.54) is 0 Å². The molecule has 4 nitrogen and oxygen atoms in total. The Morgan fingerprint density at radius 1 is 1.57 bits per heavy atom. The molecular weight excluding hydrogens is 176 g/mol. The molecule has 0 saturated heterocycles. The molecule has 2 atom stereocenters. The van der Waals surface area contributed by atoms with Crippen LogP contribution in [0.4, 0.5) is 0 Å².